The van der Waals surface area contributed by atoms with E-state index in [0.717, 1.165) is 24.7 Å². The lowest BCUT2D eigenvalue weighted by Crippen LogP contribution is -2.39. The van der Waals surface area contributed by atoms with E-state index in [2.05, 4.69) is 33.7 Å². The van der Waals surface area contributed by atoms with E-state index in [4.69, 9.17) is 5.84 Å². The number of hydrazine groups is 1. The molecule has 1 aromatic rings. The first-order chi connectivity index (χ1) is 8.83. The Morgan fingerprint density at radius 2 is 2.33 bits per heavy atom. The molecule has 1 fully saturated rings. The van der Waals surface area contributed by atoms with E-state index < -0.39 is 0 Å². The lowest BCUT2D eigenvalue weighted by Gasteiger charge is -2.26. The van der Waals surface area contributed by atoms with Crippen molar-refractivity contribution in [2.75, 3.05) is 11.5 Å². The van der Waals surface area contributed by atoms with Gasteiger partial charge in [-0.25, -0.2) is 4.98 Å². The van der Waals surface area contributed by atoms with Crippen molar-refractivity contribution < 1.29 is 0 Å². The Morgan fingerprint density at radius 1 is 1.56 bits per heavy atom. The molecule has 102 valence electrons. The van der Waals surface area contributed by atoms with Gasteiger partial charge in [-0.2, -0.15) is 11.8 Å². The summed E-state index contributed by atoms with van der Waals surface area (Å²) in [5.74, 6) is 10.3. The zero-order chi connectivity index (χ0) is 12.8. The first kappa shape index (κ1) is 13.9. The molecule has 0 saturated carbocycles. The van der Waals surface area contributed by atoms with Crippen LogP contribution in [0.25, 0.3) is 0 Å². The van der Waals surface area contributed by atoms with Crippen LogP contribution in [0.1, 0.15) is 32.0 Å². The Labute approximate surface area is 114 Å². The first-order valence-corrected chi connectivity index (χ1v) is 8.02. The molecule has 0 radical (unpaired) electrons. The molecule has 0 aromatic carbocycles. The van der Waals surface area contributed by atoms with Gasteiger partial charge in [-0.15, -0.1) is 0 Å². The number of thioether (sulfide) groups is 1. The highest BCUT2D eigenvalue weighted by molar-refractivity contribution is 7.99. The molecule has 1 aromatic heterocycles. The van der Waals surface area contributed by atoms with E-state index in [9.17, 15) is 0 Å². The Balaban J connectivity index is 1.88. The summed E-state index contributed by atoms with van der Waals surface area (Å²) in [5, 5.41) is 0. The summed E-state index contributed by atoms with van der Waals surface area (Å²) in [7, 11) is 0. The lowest BCUT2D eigenvalue weighted by atomic mass is 9.93. The third kappa shape index (κ3) is 3.73. The van der Waals surface area contributed by atoms with Crippen molar-refractivity contribution in [3.8, 4) is 0 Å². The summed E-state index contributed by atoms with van der Waals surface area (Å²) in [6.45, 7) is 3.13. The Hall–Kier alpha value is -0.520. The van der Waals surface area contributed by atoms with Gasteiger partial charge < -0.3 is 4.57 Å². The molecular weight excluding hydrogens is 244 g/mol. The number of nitrogens with one attached hydrogen (secondary N) is 1. The van der Waals surface area contributed by atoms with Crippen LogP contribution in [-0.2, 0) is 13.0 Å². The zero-order valence-electron chi connectivity index (χ0n) is 11.1. The van der Waals surface area contributed by atoms with E-state index in [0.29, 0.717) is 6.04 Å². The number of nitrogens with zero attached hydrogens (tertiary/aromatic N) is 2. The number of aryl methyl sites for hydroxylation is 1. The van der Waals surface area contributed by atoms with Crippen molar-refractivity contribution in [3.63, 3.8) is 0 Å². The minimum atomic E-state index is 0.353. The number of nitrogens with two attached hydrogens (primary N) is 1. The summed E-state index contributed by atoms with van der Waals surface area (Å²) in [4.78, 5) is 4.43. The Morgan fingerprint density at radius 3 is 3.00 bits per heavy atom. The number of hydrogen-bond donors (Lipinski definition) is 2. The van der Waals surface area contributed by atoms with Gasteiger partial charge in [0.15, 0.2) is 0 Å². The predicted molar refractivity (Wildman–Crippen MR) is 77.4 cm³/mol. The topological polar surface area (TPSA) is 55.9 Å². The van der Waals surface area contributed by atoms with Crippen molar-refractivity contribution in [2.24, 2.45) is 11.8 Å². The fourth-order valence-electron chi connectivity index (χ4n) is 2.63. The monoisotopic (exact) mass is 268 g/mol. The van der Waals surface area contributed by atoms with Crippen LogP contribution in [0.15, 0.2) is 12.4 Å². The standard InChI is InChI=1S/C13H24N4S/c1-2-17-6-5-15-13(17)10-12(16-14)9-11-3-7-18-8-4-11/h5-6,11-12,16H,2-4,7-10,14H2,1H3. The van der Waals surface area contributed by atoms with E-state index in [1.54, 1.807) is 0 Å². The highest BCUT2D eigenvalue weighted by atomic mass is 32.2. The van der Waals surface area contributed by atoms with E-state index >= 15 is 0 Å². The molecule has 0 spiro atoms. The van der Waals surface area contributed by atoms with Gasteiger partial charge in [0.1, 0.15) is 5.82 Å². The maximum absolute atomic E-state index is 5.71. The highest BCUT2D eigenvalue weighted by Crippen LogP contribution is 2.26. The van der Waals surface area contributed by atoms with Crippen LogP contribution in [0.2, 0.25) is 0 Å². The van der Waals surface area contributed by atoms with E-state index in [1.807, 2.05) is 12.4 Å². The second kappa shape index (κ2) is 7.16. The zero-order valence-corrected chi connectivity index (χ0v) is 12.0. The quantitative estimate of drug-likeness (QED) is 0.610. The summed E-state index contributed by atoms with van der Waals surface area (Å²) in [6, 6.07) is 0.353. The van der Waals surface area contributed by atoms with Crippen molar-refractivity contribution in [1.29, 1.82) is 0 Å². The molecule has 1 aliphatic rings. The summed E-state index contributed by atoms with van der Waals surface area (Å²) < 4.78 is 2.20. The minimum Gasteiger partial charge on any atom is -0.335 e. The molecule has 1 atom stereocenters. The van der Waals surface area contributed by atoms with Crippen molar-refractivity contribution >= 4 is 11.8 Å². The highest BCUT2D eigenvalue weighted by Gasteiger charge is 2.19. The van der Waals surface area contributed by atoms with Gasteiger partial charge in [-0.05, 0) is 43.6 Å². The molecule has 2 heterocycles. The van der Waals surface area contributed by atoms with Gasteiger partial charge in [-0.3, -0.25) is 11.3 Å². The normalized spacial score (nSPS) is 19.0. The molecule has 1 aliphatic heterocycles. The number of imidazole rings is 1. The molecular formula is C13H24N4S. The predicted octanol–water partition coefficient (Wildman–Crippen LogP) is 1.81. The van der Waals surface area contributed by atoms with Gasteiger partial charge in [0, 0.05) is 31.4 Å². The molecule has 1 saturated heterocycles. The molecule has 0 amide bonds. The maximum Gasteiger partial charge on any atom is 0.110 e. The Kier molecular flexibility index (Phi) is 5.53. The van der Waals surface area contributed by atoms with Crippen molar-refractivity contribution in [2.45, 2.75) is 45.2 Å². The lowest BCUT2D eigenvalue weighted by molar-refractivity contribution is 0.360. The smallest absolute Gasteiger partial charge is 0.110 e. The van der Waals surface area contributed by atoms with Crippen molar-refractivity contribution in [3.05, 3.63) is 18.2 Å². The fourth-order valence-corrected chi connectivity index (χ4v) is 3.84. The van der Waals surface area contributed by atoms with Gasteiger partial charge >= 0.3 is 0 Å². The Bertz CT molecular complexity index is 347. The number of aromatic nitrogens is 2. The van der Waals surface area contributed by atoms with E-state index in [1.165, 1.54) is 30.8 Å². The maximum atomic E-state index is 5.71. The molecule has 5 heteroatoms. The number of rotatable bonds is 6. The fraction of sp³-hybridized carbons (Fsp3) is 0.769. The minimum absolute atomic E-state index is 0.353. The van der Waals surface area contributed by atoms with Crippen LogP contribution in [0, 0.1) is 5.92 Å². The second-order valence-electron chi connectivity index (χ2n) is 4.99. The SMILES string of the molecule is CCn1ccnc1CC(CC1CCSCC1)NN. The van der Waals surface area contributed by atoms with Crippen LogP contribution in [0.4, 0.5) is 0 Å². The molecule has 18 heavy (non-hydrogen) atoms. The molecule has 4 nitrogen and oxygen atoms in total. The number of hydrogen-bond acceptors (Lipinski definition) is 4. The van der Waals surface area contributed by atoms with Crippen LogP contribution < -0.4 is 11.3 Å². The molecule has 3 N–H and O–H groups in total. The molecule has 0 bridgehead atoms. The molecule has 1 unspecified atom stereocenters. The van der Waals surface area contributed by atoms with Crippen LogP contribution in [-0.4, -0.2) is 27.1 Å². The summed E-state index contributed by atoms with van der Waals surface area (Å²) >= 11 is 2.08. The van der Waals surface area contributed by atoms with Gasteiger partial charge in [0.2, 0.25) is 0 Å². The van der Waals surface area contributed by atoms with Crippen LogP contribution in [0.3, 0.4) is 0 Å². The summed E-state index contributed by atoms with van der Waals surface area (Å²) in [6.07, 6.45) is 8.70. The largest absolute Gasteiger partial charge is 0.335 e. The van der Waals surface area contributed by atoms with Gasteiger partial charge in [-0.1, -0.05) is 0 Å². The van der Waals surface area contributed by atoms with Crippen molar-refractivity contribution in [1.82, 2.24) is 15.0 Å². The second-order valence-corrected chi connectivity index (χ2v) is 6.21. The molecule has 2 rings (SSSR count). The molecule has 0 aliphatic carbocycles. The van der Waals surface area contributed by atoms with Crippen LogP contribution >= 0.6 is 11.8 Å². The third-order valence-electron chi connectivity index (χ3n) is 3.77. The van der Waals surface area contributed by atoms with E-state index in [-0.39, 0.29) is 0 Å². The third-order valence-corrected chi connectivity index (χ3v) is 4.81. The van der Waals surface area contributed by atoms with Crippen LogP contribution in [0.5, 0.6) is 0 Å². The average molecular weight is 268 g/mol. The first-order valence-electron chi connectivity index (χ1n) is 6.87. The van der Waals surface area contributed by atoms with Gasteiger partial charge in [0.25, 0.3) is 0 Å². The van der Waals surface area contributed by atoms with Gasteiger partial charge in [0.05, 0.1) is 0 Å². The summed E-state index contributed by atoms with van der Waals surface area (Å²) in [5.41, 5.74) is 2.98. The average Bonchev–Trinajstić information content (AvgIpc) is 2.86.